The fourth-order valence-corrected chi connectivity index (χ4v) is 2.94. The molecule has 2 N–H and O–H groups in total. The maximum Gasteiger partial charge on any atom is 0.319 e. The number of para-hydroxylation sites is 1. The second-order valence-corrected chi connectivity index (χ2v) is 6.27. The monoisotopic (exact) mass is 361 g/mol. The zero-order chi connectivity index (χ0) is 17.8. The summed E-state index contributed by atoms with van der Waals surface area (Å²) in [6.45, 7) is 0.844. The first-order valence-electron chi connectivity index (χ1n) is 7.88. The number of benzene rings is 2. The molecule has 7 heteroatoms. The molecule has 2 aromatic carbocycles. The summed E-state index contributed by atoms with van der Waals surface area (Å²) in [5.74, 6) is -0.385. The van der Waals surface area contributed by atoms with Crippen molar-refractivity contribution in [1.82, 2.24) is 5.32 Å². The summed E-state index contributed by atoms with van der Waals surface area (Å²) >= 11 is 5.99. The molecule has 0 spiro atoms. The minimum atomic E-state index is -0.374. The molecule has 1 fully saturated rings. The van der Waals surface area contributed by atoms with E-state index in [9.17, 15) is 14.0 Å². The van der Waals surface area contributed by atoms with Gasteiger partial charge in [-0.05, 0) is 36.4 Å². The van der Waals surface area contributed by atoms with Crippen molar-refractivity contribution in [3.8, 4) is 0 Å². The largest absolute Gasteiger partial charge is 0.338 e. The lowest BCUT2D eigenvalue weighted by molar-refractivity contribution is -0.117. The third kappa shape index (κ3) is 4.28. The van der Waals surface area contributed by atoms with E-state index in [2.05, 4.69) is 10.6 Å². The highest BCUT2D eigenvalue weighted by Crippen LogP contribution is 2.25. The van der Waals surface area contributed by atoms with Crippen LogP contribution in [0.1, 0.15) is 6.42 Å². The van der Waals surface area contributed by atoms with E-state index < -0.39 is 0 Å². The van der Waals surface area contributed by atoms with E-state index in [0.717, 1.165) is 0 Å². The second-order valence-electron chi connectivity index (χ2n) is 5.87. The number of nitrogens with zero attached hydrogens (tertiary/aromatic N) is 1. The van der Waals surface area contributed by atoms with Crippen LogP contribution in [0.25, 0.3) is 0 Å². The highest BCUT2D eigenvalue weighted by Gasteiger charge is 2.30. The van der Waals surface area contributed by atoms with Crippen molar-refractivity contribution in [2.45, 2.75) is 6.42 Å². The van der Waals surface area contributed by atoms with Gasteiger partial charge in [0.1, 0.15) is 5.82 Å². The van der Waals surface area contributed by atoms with Crippen LogP contribution in [-0.4, -0.2) is 25.0 Å². The zero-order valence-corrected chi connectivity index (χ0v) is 14.1. The summed E-state index contributed by atoms with van der Waals surface area (Å²) < 4.78 is 13.0. The Labute approximate surface area is 149 Å². The van der Waals surface area contributed by atoms with Crippen molar-refractivity contribution in [1.29, 1.82) is 0 Å². The molecule has 1 heterocycles. The molecule has 5 nitrogen and oxygen atoms in total. The molecule has 2 aromatic rings. The van der Waals surface area contributed by atoms with Gasteiger partial charge >= 0.3 is 6.03 Å². The summed E-state index contributed by atoms with van der Waals surface area (Å²) in [5, 5.41) is 5.88. The summed E-state index contributed by atoms with van der Waals surface area (Å²) in [5.41, 5.74) is 1.19. The van der Waals surface area contributed by atoms with Gasteiger partial charge in [0.2, 0.25) is 5.91 Å². The smallest absolute Gasteiger partial charge is 0.319 e. The van der Waals surface area contributed by atoms with Crippen molar-refractivity contribution in [3.05, 3.63) is 59.4 Å². The molecule has 3 amide bonds. The van der Waals surface area contributed by atoms with Gasteiger partial charge in [-0.25, -0.2) is 9.18 Å². The number of halogens is 2. The number of hydrogen-bond acceptors (Lipinski definition) is 2. The quantitative estimate of drug-likeness (QED) is 0.873. The summed E-state index contributed by atoms with van der Waals surface area (Å²) in [6, 6.07) is 12.4. The average molecular weight is 362 g/mol. The second kappa shape index (κ2) is 7.53. The van der Waals surface area contributed by atoms with Crippen LogP contribution in [0.2, 0.25) is 5.02 Å². The van der Waals surface area contributed by atoms with Gasteiger partial charge in [-0.15, -0.1) is 0 Å². The number of amides is 3. The van der Waals surface area contributed by atoms with E-state index in [1.165, 1.54) is 12.1 Å². The van der Waals surface area contributed by atoms with Gasteiger partial charge in [-0.3, -0.25) is 4.79 Å². The molecule has 130 valence electrons. The molecule has 0 unspecified atom stereocenters. The van der Waals surface area contributed by atoms with E-state index in [1.54, 1.807) is 41.3 Å². The number of carbonyl (C=O) groups is 2. The van der Waals surface area contributed by atoms with Gasteiger partial charge in [-0.1, -0.05) is 23.7 Å². The first kappa shape index (κ1) is 17.2. The van der Waals surface area contributed by atoms with Crippen LogP contribution in [0, 0.1) is 11.7 Å². The number of anilines is 2. The topological polar surface area (TPSA) is 61.4 Å². The molecule has 0 aliphatic carbocycles. The molecule has 1 aliphatic heterocycles. The summed E-state index contributed by atoms with van der Waals surface area (Å²) in [7, 11) is 0. The van der Waals surface area contributed by atoms with E-state index in [4.69, 9.17) is 11.6 Å². The average Bonchev–Trinajstić information content (AvgIpc) is 2.97. The maximum atomic E-state index is 13.0. The molecule has 0 saturated carbocycles. The Balaban J connectivity index is 1.52. The van der Waals surface area contributed by atoms with Gasteiger partial charge in [0, 0.05) is 31.1 Å². The normalized spacial score (nSPS) is 16.8. The molecule has 1 aliphatic rings. The van der Waals surface area contributed by atoms with Gasteiger partial charge in [0.05, 0.1) is 10.7 Å². The zero-order valence-electron chi connectivity index (χ0n) is 13.3. The summed E-state index contributed by atoms with van der Waals surface area (Å²) in [6.07, 6.45) is 0.337. The Kier molecular flexibility index (Phi) is 5.19. The number of nitrogens with one attached hydrogen (secondary N) is 2. The van der Waals surface area contributed by atoms with Crippen LogP contribution in [-0.2, 0) is 4.79 Å². The molecular formula is C18H17ClFN3O2. The van der Waals surface area contributed by atoms with Crippen molar-refractivity contribution < 1.29 is 14.0 Å². The first-order chi connectivity index (χ1) is 12.0. The molecule has 1 saturated heterocycles. The minimum absolute atomic E-state index is 0.00505. The molecule has 1 atom stereocenters. The SMILES string of the molecule is O=C(NC[C@@H]1CC(=O)N(c2ccc(F)cc2)C1)Nc1ccccc1Cl. The van der Waals surface area contributed by atoms with Gasteiger partial charge in [0.15, 0.2) is 0 Å². The predicted octanol–water partition coefficient (Wildman–Crippen LogP) is 3.65. The number of rotatable bonds is 4. The fraction of sp³-hybridized carbons (Fsp3) is 0.222. The van der Waals surface area contributed by atoms with Gasteiger partial charge < -0.3 is 15.5 Å². The van der Waals surface area contributed by atoms with E-state index in [-0.39, 0.29) is 23.7 Å². The highest BCUT2D eigenvalue weighted by molar-refractivity contribution is 6.33. The Morgan fingerprint density at radius 3 is 2.64 bits per heavy atom. The Morgan fingerprint density at radius 1 is 1.20 bits per heavy atom. The van der Waals surface area contributed by atoms with Crippen molar-refractivity contribution in [3.63, 3.8) is 0 Å². The number of carbonyl (C=O) groups excluding carboxylic acids is 2. The van der Waals surface area contributed by atoms with Crippen LogP contribution in [0.15, 0.2) is 48.5 Å². The Hall–Kier alpha value is -2.60. The lowest BCUT2D eigenvalue weighted by Gasteiger charge is -2.17. The molecule has 3 rings (SSSR count). The molecule has 0 bridgehead atoms. The molecule has 0 radical (unpaired) electrons. The third-order valence-electron chi connectivity index (χ3n) is 4.02. The van der Waals surface area contributed by atoms with Gasteiger partial charge in [0.25, 0.3) is 0 Å². The van der Waals surface area contributed by atoms with Crippen LogP contribution < -0.4 is 15.5 Å². The molecule has 0 aromatic heterocycles. The minimum Gasteiger partial charge on any atom is -0.338 e. The highest BCUT2D eigenvalue weighted by atomic mass is 35.5. The van der Waals surface area contributed by atoms with Gasteiger partial charge in [-0.2, -0.15) is 0 Å². The fourth-order valence-electron chi connectivity index (χ4n) is 2.75. The van der Waals surface area contributed by atoms with Crippen molar-refractivity contribution >= 4 is 34.9 Å². The van der Waals surface area contributed by atoms with E-state index in [1.807, 2.05) is 0 Å². The van der Waals surface area contributed by atoms with Crippen LogP contribution in [0.5, 0.6) is 0 Å². The van der Waals surface area contributed by atoms with E-state index >= 15 is 0 Å². The predicted molar refractivity (Wildman–Crippen MR) is 95.3 cm³/mol. The van der Waals surface area contributed by atoms with Crippen molar-refractivity contribution in [2.24, 2.45) is 5.92 Å². The molecule has 25 heavy (non-hydrogen) atoms. The number of urea groups is 1. The third-order valence-corrected chi connectivity index (χ3v) is 4.35. The Bertz CT molecular complexity index is 782. The lowest BCUT2D eigenvalue weighted by atomic mass is 10.1. The maximum absolute atomic E-state index is 13.0. The van der Waals surface area contributed by atoms with Crippen LogP contribution in [0.3, 0.4) is 0 Å². The van der Waals surface area contributed by atoms with Crippen LogP contribution in [0.4, 0.5) is 20.6 Å². The van der Waals surface area contributed by atoms with Crippen molar-refractivity contribution in [2.75, 3.05) is 23.3 Å². The first-order valence-corrected chi connectivity index (χ1v) is 8.26. The Morgan fingerprint density at radius 2 is 1.92 bits per heavy atom. The van der Waals surface area contributed by atoms with Crippen LogP contribution >= 0.6 is 11.6 Å². The summed E-state index contributed by atoms with van der Waals surface area (Å²) in [4.78, 5) is 25.7. The number of hydrogen-bond donors (Lipinski definition) is 2. The van der Waals surface area contributed by atoms with E-state index in [0.29, 0.717) is 35.9 Å². The molecular weight excluding hydrogens is 345 g/mol. The standard InChI is InChI=1S/C18H17ClFN3O2/c19-15-3-1-2-4-16(15)22-18(25)21-10-12-9-17(24)23(11-12)14-7-5-13(20)6-8-14/h1-8,12H,9-11H2,(H2,21,22,25)/t12-/m0/s1. The lowest BCUT2D eigenvalue weighted by Crippen LogP contribution is -2.34.